The summed E-state index contributed by atoms with van der Waals surface area (Å²) in [5, 5.41) is 4.20. The van der Waals surface area contributed by atoms with Gasteiger partial charge in [-0.15, -0.1) is 11.8 Å². The highest BCUT2D eigenvalue weighted by Gasteiger charge is 2.21. The number of ether oxygens (including phenoxy) is 1. The van der Waals surface area contributed by atoms with Crippen molar-refractivity contribution in [2.45, 2.75) is 25.2 Å². The summed E-state index contributed by atoms with van der Waals surface area (Å²) in [6.45, 7) is 4.04. The Morgan fingerprint density at radius 3 is 2.90 bits per heavy atom. The molecular weight excluding hydrogens is 284 g/mol. The van der Waals surface area contributed by atoms with Gasteiger partial charge in [0.1, 0.15) is 5.75 Å². The van der Waals surface area contributed by atoms with Crippen LogP contribution in [0.2, 0.25) is 0 Å². The molecule has 1 aromatic rings. The van der Waals surface area contributed by atoms with E-state index in [-0.39, 0.29) is 11.8 Å². The average molecular weight is 304 g/mol. The molecule has 0 bridgehead atoms. The Bertz CT molecular complexity index is 586. The van der Waals surface area contributed by atoms with E-state index in [1.54, 1.807) is 18.9 Å². The van der Waals surface area contributed by atoms with E-state index in [1.807, 2.05) is 32.2 Å². The van der Waals surface area contributed by atoms with Crippen LogP contribution in [-0.2, 0) is 4.79 Å². The van der Waals surface area contributed by atoms with Gasteiger partial charge in [-0.25, -0.2) is 5.43 Å². The van der Waals surface area contributed by atoms with Gasteiger partial charge < -0.3 is 4.74 Å². The highest BCUT2D eigenvalue weighted by Crippen LogP contribution is 2.31. The van der Waals surface area contributed by atoms with Crippen LogP contribution in [-0.4, -0.2) is 25.0 Å². The van der Waals surface area contributed by atoms with Crippen LogP contribution in [0.5, 0.6) is 5.75 Å². The number of hydrogen-bond donors (Lipinski definition) is 1. The summed E-state index contributed by atoms with van der Waals surface area (Å²) in [6, 6.07) is 6.01. The van der Waals surface area contributed by atoms with Crippen molar-refractivity contribution < 1.29 is 9.53 Å². The monoisotopic (exact) mass is 304 g/mol. The van der Waals surface area contributed by atoms with Crippen LogP contribution in [0.15, 0.2) is 33.8 Å². The molecule has 1 N–H and O–H groups in total. The topological polar surface area (TPSA) is 50.7 Å². The van der Waals surface area contributed by atoms with Crippen LogP contribution < -0.4 is 10.2 Å². The predicted molar refractivity (Wildman–Crippen MR) is 87.8 cm³/mol. The van der Waals surface area contributed by atoms with E-state index in [1.165, 1.54) is 0 Å². The molecule has 1 amide bonds. The van der Waals surface area contributed by atoms with Crippen LogP contribution in [0.3, 0.4) is 0 Å². The fourth-order valence-corrected chi connectivity index (χ4v) is 3.04. The second-order valence-corrected chi connectivity index (χ2v) is 5.89. The van der Waals surface area contributed by atoms with E-state index < -0.39 is 0 Å². The first-order valence-corrected chi connectivity index (χ1v) is 8.05. The van der Waals surface area contributed by atoms with Gasteiger partial charge in [-0.2, -0.15) is 5.10 Å². The van der Waals surface area contributed by atoms with Gasteiger partial charge in [0, 0.05) is 22.8 Å². The van der Waals surface area contributed by atoms with Crippen molar-refractivity contribution in [2.24, 2.45) is 11.0 Å². The summed E-state index contributed by atoms with van der Waals surface area (Å²) in [6.07, 6.45) is 4.60. The molecule has 5 heteroatoms. The van der Waals surface area contributed by atoms with Gasteiger partial charge in [-0.3, -0.25) is 4.79 Å². The normalized spacial score (nSPS) is 19.0. The zero-order chi connectivity index (χ0) is 15.4. The molecule has 21 heavy (non-hydrogen) atoms. The number of benzene rings is 1. The lowest BCUT2D eigenvalue weighted by molar-refractivity contribution is -0.121. The van der Waals surface area contributed by atoms with E-state index in [4.69, 9.17) is 4.74 Å². The second kappa shape index (κ2) is 6.80. The number of rotatable bonds is 4. The maximum absolute atomic E-state index is 11.3. The van der Waals surface area contributed by atoms with Crippen LogP contribution >= 0.6 is 11.8 Å². The first-order chi connectivity index (χ1) is 10.1. The molecule has 4 nitrogen and oxygen atoms in total. The van der Waals surface area contributed by atoms with Gasteiger partial charge >= 0.3 is 0 Å². The van der Waals surface area contributed by atoms with Gasteiger partial charge in [0.25, 0.3) is 0 Å². The maximum atomic E-state index is 11.3. The van der Waals surface area contributed by atoms with Crippen LogP contribution in [0.25, 0.3) is 6.08 Å². The Hall–Kier alpha value is -1.75. The first kappa shape index (κ1) is 15.6. The van der Waals surface area contributed by atoms with Gasteiger partial charge in [-0.05, 0) is 37.0 Å². The van der Waals surface area contributed by atoms with E-state index in [0.29, 0.717) is 6.42 Å². The van der Waals surface area contributed by atoms with Crippen molar-refractivity contribution in [1.82, 2.24) is 5.43 Å². The summed E-state index contributed by atoms with van der Waals surface area (Å²) in [5.41, 5.74) is 5.58. The van der Waals surface area contributed by atoms with Gasteiger partial charge in [0.2, 0.25) is 5.91 Å². The number of hydrogen-bond acceptors (Lipinski definition) is 4. The third-order valence-corrected chi connectivity index (χ3v) is 4.29. The predicted octanol–water partition coefficient (Wildman–Crippen LogP) is 3.33. The summed E-state index contributed by atoms with van der Waals surface area (Å²) in [7, 11) is 1.67. The highest BCUT2D eigenvalue weighted by atomic mass is 32.2. The van der Waals surface area contributed by atoms with Gasteiger partial charge in [-0.1, -0.05) is 13.0 Å². The molecular formula is C16H20N2O2S. The highest BCUT2D eigenvalue weighted by molar-refractivity contribution is 7.98. The van der Waals surface area contributed by atoms with Crippen LogP contribution in [0, 0.1) is 5.92 Å². The minimum Gasteiger partial charge on any atom is -0.496 e. The molecule has 112 valence electrons. The maximum Gasteiger partial charge on any atom is 0.240 e. The molecule has 0 radical (unpaired) electrons. The first-order valence-electron chi connectivity index (χ1n) is 6.83. The molecule has 0 fully saturated rings. The SMILES string of the molecule is COc1cccc(SC)c1C=C(C)C1=NNC(=O)CC1C. The number of nitrogens with one attached hydrogen (secondary N) is 1. The van der Waals surface area contributed by atoms with Crippen LogP contribution in [0.4, 0.5) is 0 Å². The zero-order valence-corrected chi connectivity index (χ0v) is 13.6. The number of carbonyl (C=O) groups excluding carboxylic acids is 1. The molecule has 0 spiro atoms. The van der Waals surface area contributed by atoms with E-state index in [9.17, 15) is 4.79 Å². The fraction of sp³-hybridized carbons (Fsp3) is 0.375. The summed E-state index contributed by atoms with van der Waals surface area (Å²) in [5.74, 6) is 0.942. The molecule has 0 saturated heterocycles. The Labute approximate surface area is 129 Å². The fourth-order valence-electron chi connectivity index (χ4n) is 2.44. The lowest BCUT2D eigenvalue weighted by Crippen LogP contribution is -2.31. The number of hydrazone groups is 1. The third-order valence-electron chi connectivity index (χ3n) is 3.49. The third kappa shape index (κ3) is 3.47. The van der Waals surface area contributed by atoms with Crippen molar-refractivity contribution in [1.29, 1.82) is 0 Å². The second-order valence-electron chi connectivity index (χ2n) is 5.04. The zero-order valence-electron chi connectivity index (χ0n) is 12.8. The lowest BCUT2D eigenvalue weighted by Gasteiger charge is -2.20. The Balaban J connectivity index is 2.41. The number of carbonyl (C=O) groups is 1. The van der Waals surface area contributed by atoms with Crippen molar-refractivity contribution in [3.05, 3.63) is 29.3 Å². The quantitative estimate of drug-likeness (QED) is 0.868. The van der Waals surface area contributed by atoms with E-state index in [0.717, 1.165) is 27.5 Å². The molecule has 1 aromatic carbocycles. The number of thioether (sulfide) groups is 1. The molecule has 0 aliphatic carbocycles. The molecule has 1 atom stereocenters. The average Bonchev–Trinajstić information content (AvgIpc) is 2.47. The Kier molecular flexibility index (Phi) is 5.07. The molecule has 1 heterocycles. The number of amides is 1. The molecule has 1 aliphatic heterocycles. The lowest BCUT2D eigenvalue weighted by atomic mass is 9.93. The van der Waals surface area contributed by atoms with E-state index >= 15 is 0 Å². The molecule has 0 aromatic heterocycles. The minimum absolute atomic E-state index is 0.0267. The smallest absolute Gasteiger partial charge is 0.240 e. The summed E-state index contributed by atoms with van der Waals surface area (Å²) >= 11 is 1.68. The number of nitrogens with zero attached hydrogens (tertiary/aromatic N) is 1. The summed E-state index contributed by atoms with van der Waals surface area (Å²) in [4.78, 5) is 12.5. The largest absolute Gasteiger partial charge is 0.496 e. The van der Waals surface area contributed by atoms with Crippen molar-refractivity contribution in [3.8, 4) is 5.75 Å². The van der Waals surface area contributed by atoms with Gasteiger partial charge in [0.15, 0.2) is 0 Å². The molecule has 1 unspecified atom stereocenters. The molecule has 2 rings (SSSR count). The van der Waals surface area contributed by atoms with Crippen molar-refractivity contribution in [2.75, 3.05) is 13.4 Å². The van der Waals surface area contributed by atoms with Crippen molar-refractivity contribution >= 4 is 29.5 Å². The van der Waals surface area contributed by atoms with Crippen molar-refractivity contribution in [3.63, 3.8) is 0 Å². The molecule has 0 saturated carbocycles. The Morgan fingerprint density at radius 2 is 2.29 bits per heavy atom. The number of allylic oxidation sites excluding steroid dienone is 1. The number of methoxy groups -OCH3 is 1. The minimum atomic E-state index is -0.0267. The molecule has 1 aliphatic rings. The van der Waals surface area contributed by atoms with Crippen LogP contribution in [0.1, 0.15) is 25.8 Å². The summed E-state index contributed by atoms with van der Waals surface area (Å²) < 4.78 is 5.45. The standard InChI is InChI=1S/C16H20N2O2S/c1-10(16-11(2)9-15(19)17-18-16)8-12-13(20-3)6-5-7-14(12)21-4/h5-8,11H,9H2,1-4H3,(H,17,19). The van der Waals surface area contributed by atoms with E-state index in [2.05, 4.69) is 22.7 Å². The van der Waals surface area contributed by atoms with Gasteiger partial charge in [0.05, 0.1) is 12.8 Å². The Morgan fingerprint density at radius 1 is 1.52 bits per heavy atom.